The Morgan fingerprint density at radius 3 is 2.50 bits per heavy atom. The van der Waals surface area contributed by atoms with Crippen LogP contribution in [0, 0.1) is 13.8 Å². The number of hydrogen-bond acceptors (Lipinski definition) is 2. The van der Waals surface area contributed by atoms with Crippen molar-refractivity contribution in [2.75, 3.05) is 6.61 Å². The number of rotatable bonds is 5. The largest absolute Gasteiger partial charge is 0.507 e. The third-order valence-electron chi connectivity index (χ3n) is 2.94. The van der Waals surface area contributed by atoms with Crippen LogP contribution < -0.4 is 4.74 Å². The van der Waals surface area contributed by atoms with Crippen LogP contribution in [0.1, 0.15) is 43.4 Å². The summed E-state index contributed by atoms with van der Waals surface area (Å²) in [6.07, 6.45) is 3.10. The summed E-state index contributed by atoms with van der Waals surface area (Å²) in [7, 11) is 0. The van der Waals surface area contributed by atoms with Crippen molar-refractivity contribution in [1.82, 2.24) is 0 Å². The first-order chi connectivity index (χ1) is 7.61. The van der Waals surface area contributed by atoms with E-state index in [0.29, 0.717) is 5.75 Å². The number of aromatic hydroxyl groups is 1. The Morgan fingerprint density at radius 1 is 1.25 bits per heavy atom. The van der Waals surface area contributed by atoms with Crippen LogP contribution in [-0.2, 0) is 6.42 Å². The Morgan fingerprint density at radius 2 is 1.94 bits per heavy atom. The van der Waals surface area contributed by atoms with Gasteiger partial charge in [0.2, 0.25) is 0 Å². The van der Waals surface area contributed by atoms with Crippen molar-refractivity contribution >= 4 is 0 Å². The first kappa shape index (κ1) is 12.9. The third-order valence-corrected chi connectivity index (χ3v) is 2.94. The van der Waals surface area contributed by atoms with E-state index in [2.05, 4.69) is 13.8 Å². The van der Waals surface area contributed by atoms with E-state index in [4.69, 9.17) is 4.74 Å². The number of phenolic OH excluding ortho intramolecular Hbond substituents is 1. The van der Waals surface area contributed by atoms with Gasteiger partial charge in [-0.3, -0.25) is 0 Å². The highest BCUT2D eigenvalue weighted by Crippen LogP contribution is 2.33. The molecule has 0 saturated carbocycles. The average Bonchev–Trinajstić information content (AvgIpc) is 2.27. The molecule has 16 heavy (non-hydrogen) atoms. The molecule has 1 aromatic rings. The molecule has 0 bridgehead atoms. The van der Waals surface area contributed by atoms with Gasteiger partial charge < -0.3 is 9.84 Å². The monoisotopic (exact) mass is 222 g/mol. The van der Waals surface area contributed by atoms with Crippen LogP contribution in [0.25, 0.3) is 0 Å². The number of hydrogen-bond donors (Lipinski definition) is 1. The van der Waals surface area contributed by atoms with Crippen molar-refractivity contribution in [3.8, 4) is 11.5 Å². The highest BCUT2D eigenvalue weighted by atomic mass is 16.5. The summed E-state index contributed by atoms with van der Waals surface area (Å²) in [4.78, 5) is 0. The van der Waals surface area contributed by atoms with Crippen molar-refractivity contribution in [2.24, 2.45) is 0 Å². The number of aryl methyl sites for hydroxylation is 1. The molecule has 2 nitrogen and oxygen atoms in total. The summed E-state index contributed by atoms with van der Waals surface area (Å²) in [5, 5.41) is 9.86. The number of benzene rings is 1. The molecule has 0 heterocycles. The molecule has 0 unspecified atom stereocenters. The maximum atomic E-state index is 9.86. The third kappa shape index (κ3) is 2.69. The molecule has 0 aliphatic rings. The SMILES string of the molecule is CCCCOc1cc(C)c(O)c(C)c1CC. The van der Waals surface area contributed by atoms with Crippen LogP contribution in [0.3, 0.4) is 0 Å². The molecule has 1 N–H and O–H groups in total. The standard InChI is InChI=1S/C14H22O2/c1-5-7-8-16-13-9-10(3)14(15)11(4)12(13)6-2/h9,15H,5-8H2,1-4H3. The van der Waals surface area contributed by atoms with Crippen molar-refractivity contribution < 1.29 is 9.84 Å². The molecule has 0 atom stereocenters. The number of unbranched alkanes of at least 4 members (excludes halogenated alkanes) is 1. The maximum absolute atomic E-state index is 9.86. The minimum absolute atomic E-state index is 0.402. The van der Waals surface area contributed by atoms with E-state index in [-0.39, 0.29) is 0 Å². The number of ether oxygens (including phenoxy) is 1. The van der Waals surface area contributed by atoms with Crippen LogP contribution in [0.5, 0.6) is 11.5 Å². The molecular weight excluding hydrogens is 200 g/mol. The average molecular weight is 222 g/mol. The summed E-state index contributed by atoms with van der Waals surface area (Å²) in [6, 6.07) is 1.94. The molecule has 0 saturated heterocycles. The molecule has 90 valence electrons. The topological polar surface area (TPSA) is 29.5 Å². The zero-order valence-electron chi connectivity index (χ0n) is 10.8. The Hall–Kier alpha value is -1.18. The van der Waals surface area contributed by atoms with Crippen molar-refractivity contribution in [3.63, 3.8) is 0 Å². The Labute approximate surface area is 98.3 Å². The van der Waals surface area contributed by atoms with E-state index in [9.17, 15) is 5.11 Å². The molecule has 0 aliphatic heterocycles. The van der Waals surface area contributed by atoms with E-state index in [1.54, 1.807) is 0 Å². The zero-order valence-corrected chi connectivity index (χ0v) is 10.8. The quantitative estimate of drug-likeness (QED) is 0.769. The summed E-state index contributed by atoms with van der Waals surface area (Å²) < 4.78 is 5.77. The van der Waals surface area contributed by atoms with Gasteiger partial charge in [0, 0.05) is 5.56 Å². The Kier molecular flexibility index (Phi) is 4.66. The normalized spacial score (nSPS) is 10.5. The Balaban J connectivity index is 2.98. The fraction of sp³-hybridized carbons (Fsp3) is 0.571. The van der Waals surface area contributed by atoms with E-state index < -0.39 is 0 Å². The summed E-state index contributed by atoms with van der Waals surface area (Å²) in [5.41, 5.74) is 2.97. The highest BCUT2D eigenvalue weighted by Gasteiger charge is 2.11. The molecule has 1 rings (SSSR count). The predicted octanol–water partition coefficient (Wildman–Crippen LogP) is 3.75. The van der Waals surface area contributed by atoms with Crippen LogP contribution >= 0.6 is 0 Å². The van der Waals surface area contributed by atoms with Crippen molar-refractivity contribution in [1.29, 1.82) is 0 Å². The zero-order chi connectivity index (χ0) is 12.1. The summed E-state index contributed by atoms with van der Waals surface area (Å²) in [5.74, 6) is 1.34. The van der Waals surface area contributed by atoms with Crippen LogP contribution in [-0.4, -0.2) is 11.7 Å². The van der Waals surface area contributed by atoms with Crippen molar-refractivity contribution in [2.45, 2.75) is 47.0 Å². The van der Waals surface area contributed by atoms with Gasteiger partial charge >= 0.3 is 0 Å². The molecule has 0 aromatic heterocycles. The lowest BCUT2D eigenvalue weighted by Crippen LogP contribution is -2.02. The number of phenols is 1. The predicted molar refractivity (Wildman–Crippen MR) is 67.4 cm³/mol. The van der Waals surface area contributed by atoms with Gasteiger partial charge in [-0.05, 0) is 43.9 Å². The highest BCUT2D eigenvalue weighted by molar-refractivity contribution is 5.51. The van der Waals surface area contributed by atoms with E-state index >= 15 is 0 Å². The van der Waals surface area contributed by atoms with Crippen LogP contribution in [0.15, 0.2) is 6.07 Å². The lowest BCUT2D eigenvalue weighted by Gasteiger charge is -2.15. The molecule has 1 aromatic carbocycles. The maximum Gasteiger partial charge on any atom is 0.123 e. The second-order valence-corrected chi connectivity index (χ2v) is 4.20. The van der Waals surface area contributed by atoms with E-state index in [1.165, 1.54) is 0 Å². The van der Waals surface area contributed by atoms with E-state index in [1.807, 2.05) is 19.9 Å². The van der Waals surface area contributed by atoms with Gasteiger partial charge in [0.15, 0.2) is 0 Å². The molecule has 0 radical (unpaired) electrons. The van der Waals surface area contributed by atoms with Gasteiger partial charge in [0.1, 0.15) is 11.5 Å². The van der Waals surface area contributed by atoms with Gasteiger partial charge in [0.05, 0.1) is 6.61 Å². The first-order valence-corrected chi connectivity index (χ1v) is 6.06. The van der Waals surface area contributed by atoms with Gasteiger partial charge in [-0.15, -0.1) is 0 Å². The first-order valence-electron chi connectivity index (χ1n) is 6.06. The molecule has 2 heteroatoms. The van der Waals surface area contributed by atoms with Gasteiger partial charge in [-0.25, -0.2) is 0 Å². The lowest BCUT2D eigenvalue weighted by molar-refractivity contribution is 0.305. The van der Waals surface area contributed by atoms with Gasteiger partial charge in [-0.1, -0.05) is 20.3 Å². The molecule has 0 spiro atoms. The minimum atomic E-state index is 0.402. The lowest BCUT2D eigenvalue weighted by atomic mass is 10.0. The van der Waals surface area contributed by atoms with Crippen LogP contribution in [0.2, 0.25) is 0 Å². The molecule has 0 aliphatic carbocycles. The van der Waals surface area contributed by atoms with Crippen LogP contribution in [0.4, 0.5) is 0 Å². The minimum Gasteiger partial charge on any atom is -0.507 e. The fourth-order valence-electron chi connectivity index (χ4n) is 1.87. The molecule has 0 fully saturated rings. The Bertz CT molecular complexity index is 356. The second-order valence-electron chi connectivity index (χ2n) is 4.20. The van der Waals surface area contributed by atoms with Gasteiger partial charge in [-0.2, -0.15) is 0 Å². The van der Waals surface area contributed by atoms with E-state index in [0.717, 1.165) is 48.3 Å². The second kappa shape index (κ2) is 5.78. The fourth-order valence-corrected chi connectivity index (χ4v) is 1.87. The summed E-state index contributed by atoms with van der Waals surface area (Å²) >= 11 is 0. The summed E-state index contributed by atoms with van der Waals surface area (Å²) in [6.45, 7) is 8.86. The van der Waals surface area contributed by atoms with Crippen molar-refractivity contribution in [3.05, 3.63) is 22.8 Å². The smallest absolute Gasteiger partial charge is 0.123 e. The molecule has 0 amide bonds. The van der Waals surface area contributed by atoms with Gasteiger partial charge in [0.25, 0.3) is 0 Å². The molecular formula is C14H22O2.